The van der Waals surface area contributed by atoms with Crippen molar-refractivity contribution < 1.29 is 32.8 Å². The van der Waals surface area contributed by atoms with E-state index in [1.54, 1.807) is 24.3 Å². The van der Waals surface area contributed by atoms with Gasteiger partial charge in [0, 0.05) is 34.2 Å². The number of imide groups is 1. The molecular weight excluding hydrogens is 547 g/mol. The lowest BCUT2D eigenvalue weighted by Gasteiger charge is -2.31. The summed E-state index contributed by atoms with van der Waals surface area (Å²) < 4.78 is 24.1. The lowest BCUT2D eigenvalue weighted by Crippen LogP contribution is -2.55. The number of nitrogens with zero attached hydrogens (tertiary/aromatic N) is 1. The predicted octanol–water partition coefficient (Wildman–Crippen LogP) is 2.96. The third kappa shape index (κ3) is 7.89. The molecule has 41 heavy (non-hydrogen) atoms. The molecule has 2 aromatic carbocycles. The van der Waals surface area contributed by atoms with Gasteiger partial charge in [-0.05, 0) is 36.5 Å². The molecule has 4 amide bonds. The second kappa shape index (κ2) is 14.5. The van der Waals surface area contributed by atoms with Crippen LogP contribution in [0.4, 0.5) is 0 Å². The first-order chi connectivity index (χ1) is 19.5. The van der Waals surface area contributed by atoms with Crippen molar-refractivity contribution in [1.29, 1.82) is 0 Å². The molecule has 1 aliphatic rings. The molecule has 0 aromatic heterocycles. The normalized spacial score (nSPS) is 15.4. The van der Waals surface area contributed by atoms with Crippen LogP contribution >= 0.6 is 7.60 Å². The van der Waals surface area contributed by atoms with E-state index >= 15 is 0 Å². The monoisotopic (exact) mass is 586 g/mol. The molecule has 12 heteroatoms. The molecule has 0 saturated carbocycles. The van der Waals surface area contributed by atoms with Crippen molar-refractivity contribution in [3.63, 3.8) is 0 Å². The van der Waals surface area contributed by atoms with Gasteiger partial charge in [0.2, 0.25) is 11.8 Å². The van der Waals surface area contributed by atoms with E-state index in [1.807, 2.05) is 44.2 Å². The number of hydrogen-bond donors (Lipinski definition) is 3. The van der Waals surface area contributed by atoms with Crippen molar-refractivity contribution in [2.24, 2.45) is 5.92 Å². The number of benzene rings is 2. The molecule has 0 saturated heterocycles. The minimum absolute atomic E-state index is 0.00477. The Morgan fingerprint density at radius 3 is 1.95 bits per heavy atom. The molecule has 1 unspecified atom stereocenters. The Hall–Kier alpha value is -3.37. The van der Waals surface area contributed by atoms with Gasteiger partial charge in [-0.3, -0.25) is 34.0 Å². The van der Waals surface area contributed by atoms with Crippen LogP contribution in [0.2, 0.25) is 0 Å². The van der Waals surface area contributed by atoms with Gasteiger partial charge in [0.05, 0.1) is 17.2 Å². The average molecular weight is 587 g/mol. The van der Waals surface area contributed by atoms with Crippen molar-refractivity contribution in [2.75, 3.05) is 27.8 Å². The van der Waals surface area contributed by atoms with E-state index < -0.39 is 43.2 Å². The predicted molar refractivity (Wildman–Crippen MR) is 154 cm³/mol. The number of amides is 4. The maximum Gasteiger partial charge on any atom is 0.346 e. The maximum absolute atomic E-state index is 13.6. The Morgan fingerprint density at radius 1 is 0.878 bits per heavy atom. The Labute approximate surface area is 240 Å². The first-order valence-corrected chi connectivity index (χ1v) is 15.1. The quantitative estimate of drug-likeness (QED) is 0.214. The van der Waals surface area contributed by atoms with E-state index in [2.05, 4.69) is 16.0 Å². The minimum atomic E-state index is -3.83. The van der Waals surface area contributed by atoms with Gasteiger partial charge in [-0.15, -0.1) is 0 Å². The topological polar surface area (TPSA) is 143 Å². The van der Waals surface area contributed by atoms with E-state index in [0.29, 0.717) is 17.5 Å². The van der Waals surface area contributed by atoms with Crippen LogP contribution in [0.3, 0.4) is 0 Å². The lowest BCUT2D eigenvalue weighted by molar-refractivity contribution is -0.130. The zero-order valence-electron chi connectivity index (χ0n) is 24.1. The number of hydrogen-bond acceptors (Lipinski definition) is 8. The molecule has 0 spiro atoms. The molecule has 0 bridgehead atoms. The van der Waals surface area contributed by atoms with Crippen molar-refractivity contribution >= 4 is 31.2 Å². The van der Waals surface area contributed by atoms with Crippen molar-refractivity contribution in [3.8, 4) is 0 Å². The number of likely N-dealkylation sites (N-methyl/N-ethyl adjacent to an activating group) is 1. The number of nitrogens with one attached hydrogen (secondary N) is 3. The highest BCUT2D eigenvalue weighted by molar-refractivity contribution is 7.54. The summed E-state index contributed by atoms with van der Waals surface area (Å²) >= 11 is 0. The van der Waals surface area contributed by atoms with Crippen LogP contribution in [-0.2, 0) is 29.6 Å². The summed E-state index contributed by atoms with van der Waals surface area (Å²) in [7, 11) is 0.140. The van der Waals surface area contributed by atoms with Gasteiger partial charge in [0.25, 0.3) is 11.8 Å². The molecule has 2 aromatic rings. The van der Waals surface area contributed by atoms with E-state index in [9.17, 15) is 23.7 Å². The molecule has 1 heterocycles. The summed E-state index contributed by atoms with van der Waals surface area (Å²) in [5.74, 6) is -2.70. The fraction of sp³-hybridized carbons (Fsp3) is 0.448. The average Bonchev–Trinajstić information content (AvgIpc) is 3.22. The number of rotatable bonds is 15. The molecule has 0 fully saturated rings. The van der Waals surface area contributed by atoms with Gasteiger partial charge in [0.1, 0.15) is 11.8 Å². The smallest absolute Gasteiger partial charge is 0.346 e. The van der Waals surface area contributed by atoms with Crippen LogP contribution < -0.4 is 16.0 Å². The zero-order valence-corrected chi connectivity index (χ0v) is 25.0. The van der Waals surface area contributed by atoms with Crippen LogP contribution in [0.15, 0.2) is 54.6 Å². The second-order valence-electron chi connectivity index (χ2n) is 10.2. The summed E-state index contributed by atoms with van der Waals surface area (Å²) in [4.78, 5) is 53.2. The van der Waals surface area contributed by atoms with E-state index in [0.717, 1.165) is 10.5 Å². The first kappa shape index (κ1) is 32.1. The van der Waals surface area contributed by atoms with Gasteiger partial charge in [-0.2, -0.15) is 0 Å². The molecule has 3 rings (SSSR count). The Balaban J connectivity index is 1.82. The van der Waals surface area contributed by atoms with Gasteiger partial charge in [-0.25, -0.2) is 0 Å². The van der Waals surface area contributed by atoms with Gasteiger partial charge < -0.3 is 19.7 Å². The van der Waals surface area contributed by atoms with Gasteiger partial charge >= 0.3 is 7.60 Å². The Kier molecular flexibility index (Phi) is 11.4. The van der Waals surface area contributed by atoms with E-state index in [4.69, 9.17) is 9.05 Å². The molecule has 222 valence electrons. The molecule has 3 N–H and O–H groups in total. The maximum atomic E-state index is 13.6. The molecule has 0 radical (unpaired) electrons. The Bertz CT molecular complexity index is 1240. The summed E-state index contributed by atoms with van der Waals surface area (Å²) in [6, 6.07) is 14.1. The zero-order chi connectivity index (χ0) is 30.2. The first-order valence-electron chi connectivity index (χ1n) is 13.5. The number of carbonyl (C=O) groups is 4. The summed E-state index contributed by atoms with van der Waals surface area (Å²) in [6.45, 7) is 3.79. The van der Waals surface area contributed by atoms with Crippen LogP contribution in [0.25, 0.3) is 0 Å². The van der Waals surface area contributed by atoms with E-state index in [1.165, 1.54) is 21.3 Å². The second-order valence-corrected chi connectivity index (χ2v) is 12.7. The fourth-order valence-corrected chi connectivity index (χ4v) is 6.27. The third-order valence-corrected chi connectivity index (χ3v) is 9.16. The minimum Gasteiger partial charge on any atom is -0.357 e. The molecule has 11 nitrogen and oxygen atoms in total. The van der Waals surface area contributed by atoms with Crippen molar-refractivity contribution in [3.05, 3.63) is 71.3 Å². The SMILES string of the molecule is CNC(=O)C(Cc1ccccc1)NC(=O)[C@H](CC(C)C)N[C@H](CCN1C(=O)c2ccccc2C1=O)P(=O)(OC)OC. The highest BCUT2D eigenvalue weighted by Crippen LogP contribution is 2.52. The Morgan fingerprint density at radius 2 is 1.44 bits per heavy atom. The molecular formula is C29H39N4O7P. The highest BCUT2D eigenvalue weighted by atomic mass is 31.2. The van der Waals surface area contributed by atoms with Crippen molar-refractivity contribution in [2.45, 2.75) is 51.0 Å². The summed E-state index contributed by atoms with van der Waals surface area (Å²) in [5.41, 5.74) is 1.48. The van der Waals surface area contributed by atoms with Gasteiger partial charge in [-0.1, -0.05) is 56.3 Å². The van der Waals surface area contributed by atoms with Crippen LogP contribution in [0, 0.1) is 5.92 Å². The van der Waals surface area contributed by atoms with E-state index in [-0.39, 0.29) is 31.2 Å². The lowest BCUT2D eigenvalue weighted by atomic mass is 10.0. The third-order valence-electron chi connectivity index (χ3n) is 6.97. The molecule has 1 aliphatic heterocycles. The molecule has 0 aliphatic carbocycles. The number of fused-ring (bicyclic) bond motifs is 1. The summed E-state index contributed by atoms with van der Waals surface area (Å²) in [6.07, 6.45) is 0.613. The number of carbonyl (C=O) groups excluding carboxylic acids is 4. The van der Waals surface area contributed by atoms with Crippen molar-refractivity contribution in [1.82, 2.24) is 20.9 Å². The highest BCUT2D eigenvalue weighted by Gasteiger charge is 2.41. The fourth-order valence-electron chi connectivity index (χ4n) is 4.82. The van der Waals surface area contributed by atoms with Crippen LogP contribution in [-0.4, -0.2) is 74.2 Å². The van der Waals surface area contributed by atoms with Crippen LogP contribution in [0.1, 0.15) is 53.0 Å². The van der Waals surface area contributed by atoms with Gasteiger partial charge in [0.15, 0.2) is 0 Å². The summed E-state index contributed by atoms with van der Waals surface area (Å²) in [5, 5.41) is 8.55. The standard InChI is InChI=1S/C29H39N4O7P/c1-19(2)17-23(27(35)32-24(26(34)30-3)18-20-11-7-6-8-12-20)31-25(41(38,39-4)40-5)15-16-33-28(36)21-13-9-10-14-22(21)29(33)37/h6-14,19,23-25,31H,15-18H2,1-5H3,(H,30,34)(H,32,35)/t23-,24?,25-/m0/s1. The van der Waals surface area contributed by atoms with Crippen LogP contribution in [0.5, 0.6) is 0 Å². The molecule has 3 atom stereocenters. The largest absolute Gasteiger partial charge is 0.357 e.